The number of imide groups is 1. The molecule has 13 heteroatoms. The molecule has 0 bridgehead atoms. The van der Waals surface area contributed by atoms with Crippen LogP contribution in [-0.2, 0) is 20.9 Å². The molecule has 0 radical (unpaired) electrons. The maximum atomic E-state index is 13.9. The van der Waals surface area contributed by atoms with Crippen LogP contribution in [-0.4, -0.2) is 32.5 Å². The van der Waals surface area contributed by atoms with Crippen molar-refractivity contribution in [2.75, 3.05) is 10.2 Å². The summed E-state index contributed by atoms with van der Waals surface area (Å²) in [5.74, 6) is -2.78. The van der Waals surface area contributed by atoms with Crippen LogP contribution in [0.5, 0.6) is 0 Å². The minimum absolute atomic E-state index is 0.161. The standard InChI is InChI=1S/C28H19BrN4O6S2/c29-16-6-4-5-15(13-16)21-22-23(26(36)32(25(22)35)18-9-11-19(12-10-18)33(38)39)40-27-24(21)41-28(37)31(27)14-20(34)30-17-7-2-1-3-8-17/h1-13,21-23H,14H2,(H,30,34). The molecule has 3 aromatic carbocycles. The van der Waals surface area contributed by atoms with Crippen LogP contribution in [0.1, 0.15) is 16.4 Å². The Morgan fingerprint density at radius 1 is 0.976 bits per heavy atom. The second kappa shape index (κ2) is 10.7. The third kappa shape index (κ3) is 4.89. The van der Waals surface area contributed by atoms with E-state index in [0.717, 1.165) is 38.0 Å². The number of carbonyl (C=O) groups is 3. The van der Waals surface area contributed by atoms with Crippen molar-refractivity contribution in [3.05, 3.63) is 114 Å². The summed E-state index contributed by atoms with van der Waals surface area (Å²) < 4.78 is 2.13. The van der Waals surface area contributed by atoms with Crippen LogP contribution in [0, 0.1) is 16.0 Å². The molecular weight excluding hydrogens is 632 g/mol. The Kier molecular flexibility index (Phi) is 7.09. The summed E-state index contributed by atoms with van der Waals surface area (Å²) in [6, 6.07) is 21.5. The van der Waals surface area contributed by atoms with Gasteiger partial charge in [0.25, 0.3) is 5.69 Å². The zero-order chi connectivity index (χ0) is 28.8. The summed E-state index contributed by atoms with van der Waals surface area (Å²) in [7, 11) is 0. The van der Waals surface area contributed by atoms with E-state index in [2.05, 4.69) is 21.2 Å². The van der Waals surface area contributed by atoms with Crippen molar-refractivity contribution in [1.82, 2.24) is 4.57 Å². The smallest absolute Gasteiger partial charge is 0.308 e. The van der Waals surface area contributed by atoms with E-state index >= 15 is 0 Å². The highest BCUT2D eigenvalue weighted by Gasteiger charge is 2.56. The molecule has 3 heterocycles. The van der Waals surface area contributed by atoms with Crippen LogP contribution >= 0.6 is 39.0 Å². The summed E-state index contributed by atoms with van der Waals surface area (Å²) in [5, 5.41) is 13.5. The van der Waals surface area contributed by atoms with Crippen LogP contribution < -0.4 is 15.1 Å². The zero-order valence-corrected chi connectivity index (χ0v) is 24.1. The fraction of sp³-hybridized carbons (Fsp3) is 0.143. The quantitative estimate of drug-likeness (QED) is 0.176. The molecule has 3 amide bonds. The predicted molar refractivity (Wildman–Crippen MR) is 158 cm³/mol. The predicted octanol–water partition coefficient (Wildman–Crippen LogP) is 5.02. The number of nitrogens with zero attached hydrogens (tertiary/aromatic N) is 3. The molecule has 1 fully saturated rings. The van der Waals surface area contributed by atoms with Crippen molar-refractivity contribution in [3.8, 4) is 0 Å². The number of nitro benzene ring substituents is 1. The number of thiazole rings is 1. The van der Waals surface area contributed by atoms with Gasteiger partial charge in [-0.2, -0.15) is 0 Å². The number of amides is 3. The molecule has 2 aliphatic rings. The minimum Gasteiger partial charge on any atom is -0.325 e. The minimum atomic E-state index is -0.869. The lowest BCUT2D eigenvalue weighted by Gasteiger charge is -2.30. The Hall–Kier alpha value is -4.07. The summed E-state index contributed by atoms with van der Waals surface area (Å²) in [6.45, 7) is -0.261. The number of hydrogen-bond acceptors (Lipinski definition) is 8. The highest BCUT2D eigenvalue weighted by atomic mass is 79.9. The largest absolute Gasteiger partial charge is 0.325 e. The molecule has 3 unspecified atom stereocenters. The van der Waals surface area contributed by atoms with Crippen LogP contribution in [0.4, 0.5) is 17.1 Å². The zero-order valence-electron chi connectivity index (χ0n) is 20.9. The lowest BCUT2D eigenvalue weighted by Crippen LogP contribution is -2.33. The normalized spacial score (nSPS) is 19.5. The highest BCUT2D eigenvalue weighted by Crippen LogP contribution is 2.54. The lowest BCUT2D eigenvalue weighted by atomic mass is 9.83. The number of nitrogens with one attached hydrogen (secondary N) is 1. The fourth-order valence-corrected chi connectivity index (χ4v) is 8.35. The summed E-state index contributed by atoms with van der Waals surface area (Å²) in [4.78, 5) is 65.7. The van der Waals surface area contributed by atoms with Crippen molar-refractivity contribution in [3.63, 3.8) is 0 Å². The van der Waals surface area contributed by atoms with Crippen LogP contribution in [0.15, 0.2) is 93.2 Å². The molecule has 1 aromatic heterocycles. The number of halogens is 1. The molecule has 1 N–H and O–H groups in total. The summed E-state index contributed by atoms with van der Waals surface area (Å²) in [6.07, 6.45) is 0. The first kappa shape index (κ1) is 27.1. The van der Waals surface area contributed by atoms with Gasteiger partial charge in [0.2, 0.25) is 17.7 Å². The first-order valence-corrected chi connectivity index (χ1v) is 14.8. The van der Waals surface area contributed by atoms with E-state index in [9.17, 15) is 29.3 Å². The molecule has 3 atom stereocenters. The van der Waals surface area contributed by atoms with Crippen LogP contribution in [0.25, 0.3) is 0 Å². The Labute approximate surface area is 249 Å². The number of anilines is 2. The molecule has 0 aliphatic carbocycles. The van der Waals surface area contributed by atoms with E-state index in [1.807, 2.05) is 30.3 Å². The molecule has 0 saturated carbocycles. The third-order valence-corrected chi connectivity index (χ3v) is 10.0. The number of nitro groups is 1. The summed E-state index contributed by atoms with van der Waals surface area (Å²) >= 11 is 5.55. The molecule has 6 rings (SSSR count). The van der Waals surface area contributed by atoms with E-state index in [4.69, 9.17) is 0 Å². The van der Waals surface area contributed by atoms with Crippen molar-refractivity contribution < 1.29 is 19.3 Å². The Morgan fingerprint density at radius 2 is 1.71 bits per heavy atom. The second-order valence-electron chi connectivity index (χ2n) is 9.42. The average Bonchev–Trinajstić information content (AvgIpc) is 3.39. The molecule has 4 aromatic rings. The molecule has 206 valence electrons. The summed E-state index contributed by atoms with van der Waals surface area (Å²) in [5.41, 5.74) is 1.40. The van der Waals surface area contributed by atoms with Crippen molar-refractivity contribution in [1.29, 1.82) is 0 Å². The monoisotopic (exact) mass is 650 g/mol. The van der Waals surface area contributed by atoms with Gasteiger partial charge < -0.3 is 5.32 Å². The maximum absolute atomic E-state index is 13.9. The van der Waals surface area contributed by atoms with E-state index in [0.29, 0.717) is 15.6 Å². The fourth-order valence-electron chi connectivity index (χ4n) is 5.16. The van der Waals surface area contributed by atoms with Gasteiger partial charge in [-0.25, -0.2) is 4.90 Å². The van der Waals surface area contributed by atoms with Gasteiger partial charge in [-0.15, -0.1) is 0 Å². The highest BCUT2D eigenvalue weighted by molar-refractivity contribution is 9.10. The molecule has 0 spiro atoms. The van der Waals surface area contributed by atoms with Crippen molar-refractivity contribution in [2.24, 2.45) is 5.92 Å². The van der Waals surface area contributed by atoms with Gasteiger partial charge in [-0.1, -0.05) is 69.4 Å². The van der Waals surface area contributed by atoms with Gasteiger partial charge >= 0.3 is 4.87 Å². The van der Waals surface area contributed by atoms with Gasteiger partial charge in [-0.3, -0.25) is 33.9 Å². The number of thioether (sulfide) groups is 1. The molecule has 10 nitrogen and oxygen atoms in total. The number of carbonyl (C=O) groups excluding carboxylic acids is 3. The topological polar surface area (TPSA) is 132 Å². The molecular formula is C28H19BrN4O6S2. The Bertz CT molecular complexity index is 1770. The number of para-hydroxylation sites is 1. The Balaban J connectivity index is 1.41. The van der Waals surface area contributed by atoms with Crippen molar-refractivity contribution in [2.45, 2.75) is 22.7 Å². The number of fused-ring (bicyclic) bond motifs is 2. The second-order valence-corrected chi connectivity index (χ2v) is 12.5. The lowest BCUT2D eigenvalue weighted by molar-refractivity contribution is -0.384. The molecule has 1 saturated heterocycles. The molecule has 41 heavy (non-hydrogen) atoms. The molecule has 2 aliphatic heterocycles. The number of benzene rings is 3. The average molecular weight is 652 g/mol. The van der Waals surface area contributed by atoms with Gasteiger partial charge in [0, 0.05) is 33.1 Å². The van der Waals surface area contributed by atoms with Crippen LogP contribution in [0.2, 0.25) is 0 Å². The van der Waals surface area contributed by atoms with Crippen LogP contribution in [0.3, 0.4) is 0 Å². The van der Waals surface area contributed by atoms with E-state index < -0.39 is 39.7 Å². The van der Waals surface area contributed by atoms with Gasteiger partial charge in [0.05, 0.1) is 21.6 Å². The van der Waals surface area contributed by atoms with E-state index in [1.165, 1.54) is 28.8 Å². The van der Waals surface area contributed by atoms with Gasteiger partial charge in [0.1, 0.15) is 11.8 Å². The van der Waals surface area contributed by atoms with E-state index in [-0.39, 0.29) is 22.8 Å². The first-order valence-electron chi connectivity index (χ1n) is 12.4. The van der Waals surface area contributed by atoms with Gasteiger partial charge in [-0.05, 0) is 42.0 Å². The number of non-ortho nitro benzene ring substituents is 1. The van der Waals surface area contributed by atoms with Crippen molar-refractivity contribution >= 4 is 73.8 Å². The Morgan fingerprint density at radius 3 is 2.39 bits per heavy atom. The maximum Gasteiger partial charge on any atom is 0.308 e. The van der Waals surface area contributed by atoms with Gasteiger partial charge in [0.15, 0.2) is 0 Å². The number of rotatable bonds is 6. The number of aromatic nitrogens is 1. The number of hydrogen-bond donors (Lipinski definition) is 1. The third-order valence-electron chi connectivity index (χ3n) is 6.94. The van der Waals surface area contributed by atoms with E-state index in [1.54, 1.807) is 24.3 Å². The first-order chi connectivity index (χ1) is 19.7. The SMILES string of the molecule is O=C(Cn1c2c(sc1=O)C(c1cccc(Br)c1)C1C(=O)N(c3ccc([N+](=O)[O-])cc3)C(=O)C1S2)Nc1ccccc1.